The van der Waals surface area contributed by atoms with Gasteiger partial charge in [-0.25, -0.2) is 0 Å². The molecule has 0 radical (unpaired) electrons. The van der Waals surface area contributed by atoms with Crippen LogP contribution in [0, 0.1) is 5.92 Å². The second kappa shape index (κ2) is 8.98. The van der Waals surface area contributed by atoms with Crippen LogP contribution in [0.15, 0.2) is 24.3 Å². The number of benzene rings is 1. The van der Waals surface area contributed by atoms with Gasteiger partial charge in [-0.2, -0.15) is 8.78 Å². The number of halogens is 2. The smallest absolute Gasteiger partial charge is 0.387 e. The summed E-state index contributed by atoms with van der Waals surface area (Å²) in [6, 6.07) is 7.85. The number of alkyl halides is 2. The molecule has 21 heavy (non-hydrogen) atoms. The first-order valence-corrected chi connectivity index (χ1v) is 7.66. The summed E-state index contributed by atoms with van der Waals surface area (Å²) in [5.41, 5.74) is 1.14. The highest BCUT2D eigenvalue weighted by Crippen LogP contribution is 2.16. The lowest BCUT2D eigenvalue weighted by atomic mass is 10.0. The third-order valence-electron chi connectivity index (χ3n) is 3.41. The molecular weight excluding hydrogens is 272 g/mol. The number of rotatable bonds is 9. The van der Waals surface area contributed by atoms with E-state index in [-0.39, 0.29) is 5.75 Å². The molecule has 2 atom stereocenters. The van der Waals surface area contributed by atoms with E-state index in [0.29, 0.717) is 18.0 Å². The van der Waals surface area contributed by atoms with Gasteiger partial charge in [0.2, 0.25) is 0 Å². The first-order valence-electron chi connectivity index (χ1n) is 7.66. The number of ether oxygens (including phenoxy) is 1. The van der Waals surface area contributed by atoms with Crippen molar-refractivity contribution < 1.29 is 13.5 Å². The summed E-state index contributed by atoms with van der Waals surface area (Å²) in [5.74, 6) is 0.910. The van der Waals surface area contributed by atoms with Crippen molar-refractivity contribution in [1.82, 2.24) is 5.32 Å². The quantitative estimate of drug-likeness (QED) is 0.717. The molecule has 0 aromatic heterocycles. The van der Waals surface area contributed by atoms with Gasteiger partial charge < -0.3 is 10.1 Å². The molecule has 1 aromatic carbocycles. The summed E-state index contributed by atoms with van der Waals surface area (Å²) in [6.07, 6.45) is 3.12. The molecule has 0 aliphatic rings. The standard InChI is InChI=1S/C17H27F2NO/c1-12(2)11-14(4)20-13(3)5-6-15-7-9-16(10-8-15)21-17(18)19/h7-10,12-14,17,20H,5-6,11H2,1-4H3. The fourth-order valence-corrected chi connectivity index (χ4v) is 2.56. The van der Waals surface area contributed by atoms with Gasteiger partial charge in [0.05, 0.1) is 0 Å². The normalized spacial score (nSPS) is 14.5. The van der Waals surface area contributed by atoms with Crippen LogP contribution in [0.3, 0.4) is 0 Å². The third kappa shape index (κ3) is 8.00. The zero-order chi connectivity index (χ0) is 15.8. The average molecular weight is 299 g/mol. The minimum atomic E-state index is -2.76. The van der Waals surface area contributed by atoms with Gasteiger partial charge >= 0.3 is 6.61 Å². The van der Waals surface area contributed by atoms with E-state index in [9.17, 15) is 8.78 Å². The van der Waals surface area contributed by atoms with E-state index in [4.69, 9.17) is 0 Å². The summed E-state index contributed by atoms with van der Waals surface area (Å²) in [6.45, 7) is 6.10. The van der Waals surface area contributed by atoms with Crippen molar-refractivity contribution in [2.24, 2.45) is 5.92 Å². The van der Waals surface area contributed by atoms with Crippen LogP contribution in [0.2, 0.25) is 0 Å². The molecule has 4 heteroatoms. The van der Waals surface area contributed by atoms with Crippen molar-refractivity contribution in [3.63, 3.8) is 0 Å². The lowest BCUT2D eigenvalue weighted by Gasteiger charge is -2.21. The van der Waals surface area contributed by atoms with E-state index in [1.165, 1.54) is 6.42 Å². The molecular formula is C17H27F2NO. The molecule has 0 fully saturated rings. The van der Waals surface area contributed by atoms with Crippen LogP contribution in [-0.2, 0) is 6.42 Å². The fourth-order valence-electron chi connectivity index (χ4n) is 2.56. The van der Waals surface area contributed by atoms with Gasteiger partial charge in [-0.05, 0) is 56.7 Å². The Balaban J connectivity index is 2.34. The van der Waals surface area contributed by atoms with E-state index >= 15 is 0 Å². The Hall–Kier alpha value is -1.16. The zero-order valence-corrected chi connectivity index (χ0v) is 13.4. The molecule has 0 spiro atoms. The topological polar surface area (TPSA) is 21.3 Å². The fraction of sp³-hybridized carbons (Fsp3) is 0.647. The van der Waals surface area contributed by atoms with E-state index in [2.05, 4.69) is 37.7 Å². The molecule has 0 bridgehead atoms. The highest BCUT2D eigenvalue weighted by atomic mass is 19.3. The second-order valence-electron chi connectivity index (χ2n) is 6.16. The Labute approximate surface area is 126 Å². The van der Waals surface area contributed by atoms with Crippen molar-refractivity contribution in [1.29, 1.82) is 0 Å². The van der Waals surface area contributed by atoms with Crippen molar-refractivity contribution in [3.05, 3.63) is 29.8 Å². The van der Waals surface area contributed by atoms with Gasteiger partial charge in [-0.15, -0.1) is 0 Å². The van der Waals surface area contributed by atoms with Crippen molar-refractivity contribution in [2.75, 3.05) is 0 Å². The molecule has 0 amide bonds. The van der Waals surface area contributed by atoms with Crippen LogP contribution in [0.25, 0.3) is 0 Å². The van der Waals surface area contributed by atoms with Crippen molar-refractivity contribution in [3.8, 4) is 5.75 Å². The summed E-state index contributed by atoms with van der Waals surface area (Å²) >= 11 is 0. The molecule has 1 N–H and O–H groups in total. The van der Waals surface area contributed by atoms with Gasteiger partial charge in [0.15, 0.2) is 0 Å². The van der Waals surface area contributed by atoms with Crippen LogP contribution in [0.4, 0.5) is 8.78 Å². The molecule has 2 unspecified atom stereocenters. The van der Waals surface area contributed by atoms with Crippen molar-refractivity contribution >= 4 is 0 Å². The van der Waals surface area contributed by atoms with Crippen LogP contribution >= 0.6 is 0 Å². The molecule has 0 saturated carbocycles. The molecule has 2 nitrogen and oxygen atoms in total. The zero-order valence-electron chi connectivity index (χ0n) is 13.4. The van der Waals surface area contributed by atoms with E-state index in [1.54, 1.807) is 12.1 Å². The van der Waals surface area contributed by atoms with E-state index in [0.717, 1.165) is 18.4 Å². The van der Waals surface area contributed by atoms with Crippen molar-refractivity contribution in [2.45, 2.75) is 65.7 Å². The molecule has 0 heterocycles. The first kappa shape index (κ1) is 17.9. The van der Waals surface area contributed by atoms with Crippen LogP contribution in [-0.4, -0.2) is 18.7 Å². The number of hydrogen-bond donors (Lipinski definition) is 1. The van der Waals surface area contributed by atoms with Crippen LogP contribution in [0.5, 0.6) is 5.75 Å². The van der Waals surface area contributed by atoms with Gasteiger partial charge in [-0.3, -0.25) is 0 Å². The third-order valence-corrected chi connectivity index (χ3v) is 3.41. The molecule has 0 aliphatic heterocycles. The lowest BCUT2D eigenvalue weighted by Crippen LogP contribution is -2.35. The summed E-state index contributed by atoms with van der Waals surface area (Å²) < 4.78 is 28.5. The van der Waals surface area contributed by atoms with E-state index in [1.807, 2.05) is 12.1 Å². The monoisotopic (exact) mass is 299 g/mol. The summed E-state index contributed by atoms with van der Waals surface area (Å²) in [7, 11) is 0. The lowest BCUT2D eigenvalue weighted by molar-refractivity contribution is -0.0498. The highest BCUT2D eigenvalue weighted by molar-refractivity contribution is 5.27. The predicted octanol–water partition coefficient (Wildman–Crippen LogP) is 4.63. The molecule has 0 aliphatic carbocycles. The van der Waals surface area contributed by atoms with Crippen LogP contribution < -0.4 is 10.1 Å². The second-order valence-corrected chi connectivity index (χ2v) is 6.16. The van der Waals surface area contributed by atoms with E-state index < -0.39 is 6.61 Å². The van der Waals surface area contributed by atoms with Crippen LogP contribution in [0.1, 0.15) is 46.1 Å². The molecule has 1 aromatic rings. The van der Waals surface area contributed by atoms with Gasteiger partial charge in [0.1, 0.15) is 5.75 Å². The Morgan fingerprint density at radius 3 is 2.14 bits per heavy atom. The Morgan fingerprint density at radius 1 is 1.00 bits per heavy atom. The van der Waals surface area contributed by atoms with Gasteiger partial charge in [0, 0.05) is 12.1 Å². The summed E-state index contributed by atoms with van der Waals surface area (Å²) in [5, 5.41) is 3.60. The largest absolute Gasteiger partial charge is 0.435 e. The highest BCUT2D eigenvalue weighted by Gasteiger charge is 2.09. The maximum absolute atomic E-state index is 12.1. The Bertz CT molecular complexity index is 392. The number of nitrogens with one attached hydrogen (secondary N) is 1. The average Bonchev–Trinajstić information content (AvgIpc) is 2.36. The number of aryl methyl sites for hydroxylation is 1. The number of hydrogen-bond acceptors (Lipinski definition) is 2. The Morgan fingerprint density at radius 2 is 1.62 bits per heavy atom. The minimum absolute atomic E-state index is 0.213. The molecule has 1 rings (SSSR count). The summed E-state index contributed by atoms with van der Waals surface area (Å²) in [4.78, 5) is 0. The maximum atomic E-state index is 12.1. The predicted molar refractivity (Wildman–Crippen MR) is 82.9 cm³/mol. The first-order chi connectivity index (χ1) is 9.86. The minimum Gasteiger partial charge on any atom is -0.435 e. The SMILES string of the molecule is CC(C)CC(C)NC(C)CCc1ccc(OC(F)F)cc1. The Kier molecular flexibility index (Phi) is 7.65. The van der Waals surface area contributed by atoms with Gasteiger partial charge in [0.25, 0.3) is 0 Å². The van der Waals surface area contributed by atoms with Gasteiger partial charge in [-0.1, -0.05) is 26.0 Å². The molecule has 0 saturated heterocycles. The molecule has 120 valence electrons. The maximum Gasteiger partial charge on any atom is 0.387 e.